The van der Waals surface area contributed by atoms with Crippen LogP contribution in [0.2, 0.25) is 10.0 Å². The smallest absolute Gasteiger partial charge is 0.244 e. The first-order valence-electron chi connectivity index (χ1n) is 5.57. The van der Waals surface area contributed by atoms with Crippen LogP contribution in [0.15, 0.2) is 12.1 Å². The molecule has 1 aliphatic carbocycles. The van der Waals surface area contributed by atoms with Gasteiger partial charge in [-0.1, -0.05) is 23.2 Å². The molecule has 1 aromatic rings. The van der Waals surface area contributed by atoms with Gasteiger partial charge in [-0.25, -0.2) is 4.39 Å². The van der Waals surface area contributed by atoms with Crippen LogP contribution in [0.5, 0.6) is 0 Å². The number of amides is 1. The highest BCUT2D eigenvalue weighted by Gasteiger charge is 2.44. The average molecular weight is 291 g/mol. The Balaban J connectivity index is 2.21. The number of nitrogens with one attached hydrogen (secondary N) is 1. The van der Waals surface area contributed by atoms with Gasteiger partial charge in [0.1, 0.15) is 5.82 Å². The van der Waals surface area contributed by atoms with Crippen molar-refractivity contribution in [1.29, 1.82) is 0 Å². The van der Waals surface area contributed by atoms with Gasteiger partial charge >= 0.3 is 0 Å². The molecule has 3 N–H and O–H groups in total. The minimum Gasteiger partial charge on any atom is -0.322 e. The van der Waals surface area contributed by atoms with Gasteiger partial charge in [-0.15, -0.1) is 0 Å². The normalized spacial score (nSPS) is 18.3. The van der Waals surface area contributed by atoms with Crippen LogP contribution >= 0.6 is 23.2 Å². The van der Waals surface area contributed by atoms with Crippen LogP contribution in [0.4, 0.5) is 10.1 Å². The molecule has 3 nitrogen and oxygen atoms in total. The van der Waals surface area contributed by atoms with Crippen LogP contribution in [-0.4, -0.2) is 11.4 Å². The number of rotatable bonds is 3. The second-order valence-electron chi connectivity index (χ2n) is 4.76. The monoisotopic (exact) mass is 290 g/mol. The van der Waals surface area contributed by atoms with Crippen LogP contribution < -0.4 is 11.1 Å². The van der Waals surface area contributed by atoms with Gasteiger partial charge in [-0.2, -0.15) is 0 Å². The van der Waals surface area contributed by atoms with Crippen molar-refractivity contribution in [2.45, 2.75) is 25.3 Å². The summed E-state index contributed by atoms with van der Waals surface area (Å²) in [4.78, 5) is 12.1. The summed E-state index contributed by atoms with van der Waals surface area (Å²) in [5.41, 5.74) is 5.21. The zero-order valence-electron chi connectivity index (χ0n) is 9.77. The number of halogens is 3. The molecular formula is C12H13Cl2FN2O. The van der Waals surface area contributed by atoms with E-state index in [1.165, 1.54) is 0 Å². The molecule has 0 spiro atoms. The number of carbonyl (C=O) groups excluding carboxylic acids is 1. The van der Waals surface area contributed by atoms with E-state index in [0.29, 0.717) is 0 Å². The lowest BCUT2D eigenvalue weighted by Gasteiger charge is -2.23. The highest BCUT2D eigenvalue weighted by molar-refractivity contribution is 6.39. The molecule has 1 fully saturated rings. The lowest BCUT2D eigenvalue weighted by atomic mass is 9.96. The third-order valence-corrected chi connectivity index (χ3v) is 3.76. The minimum atomic E-state index is -0.957. The summed E-state index contributed by atoms with van der Waals surface area (Å²) >= 11 is 11.7. The molecule has 0 radical (unpaired) electrons. The Labute approximate surface area is 114 Å². The highest BCUT2D eigenvalue weighted by Crippen LogP contribution is 2.39. The molecule has 1 unspecified atom stereocenters. The minimum absolute atomic E-state index is 0.0555. The van der Waals surface area contributed by atoms with Gasteiger partial charge in [0.2, 0.25) is 5.91 Å². The summed E-state index contributed by atoms with van der Waals surface area (Å²) < 4.78 is 13.0. The summed E-state index contributed by atoms with van der Waals surface area (Å²) in [6.45, 7) is 1.67. The lowest BCUT2D eigenvalue weighted by Crippen LogP contribution is -2.50. The maximum Gasteiger partial charge on any atom is 0.244 e. The Morgan fingerprint density at radius 2 is 1.94 bits per heavy atom. The van der Waals surface area contributed by atoms with E-state index >= 15 is 0 Å². The lowest BCUT2D eigenvalue weighted by molar-refractivity contribution is -0.121. The molecule has 1 saturated carbocycles. The van der Waals surface area contributed by atoms with Crippen molar-refractivity contribution < 1.29 is 9.18 Å². The van der Waals surface area contributed by atoms with Gasteiger partial charge < -0.3 is 11.1 Å². The predicted octanol–water partition coefficient (Wildman–Crippen LogP) is 3.20. The van der Waals surface area contributed by atoms with Crippen molar-refractivity contribution in [3.63, 3.8) is 0 Å². The number of nitrogens with two attached hydrogens (primary N) is 1. The van der Waals surface area contributed by atoms with E-state index in [9.17, 15) is 9.18 Å². The molecule has 1 amide bonds. The molecule has 18 heavy (non-hydrogen) atoms. The SMILES string of the molecule is CC(N)(C(=O)Nc1c(Cl)cc(F)cc1Cl)C1CC1. The van der Waals surface area contributed by atoms with Crippen LogP contribution in [-0.2, 0) is 4.79 Å². The molecule has 0 aliphatic heterocycles. The Hall–Kier alpha value is -0.840. The Kier molecular flexibility index (Phi) is 3.54. The van der Waals surface area contributed by atoms with Gasteiger partial charge in [0.15, 0.2) is 0 Å². The van der Waals surface area contributed by atoms with Crippen molar-refractivity contribution in [3.05, 3.63) is 28.0 Å². The first kappa shape index (κ1) is 13.6. The van der Waals surface area contributed by atoms with Crippen LogP contribution in [0.1, 0.15) is 19.8 Å². The Morgan fingerprint density at radius 1 is 1.44 bits per heavy atom. The predicted molar refractivity (Wildman–Crippen MR) is 70.4 cm³/mol. The molecule has 1 aromatic carbocycles. The maximum absolute atomic E-state index is 13.0. The summed E-state index contributed by atoms with van der Waals surface area (Å²) in [5.74, 6) is -0.739. The Morgan fingerprint density at radius 3 is 2.39 bits per heavy atom. The Bertz CT molecular complexity index is 478. The van der Waals surface area contributed by atoms with Gasteiger partial charge in [0.25, 0.3) is 0 Å². The molecule has 2 rings (SSSR count). The van der Waals surface area contributed by atoms with E-state index in [2.05, 4.69) is 5.32 Å². The summed E-state index contributed by atoms with van der Waals surface area (Å²) in [5, 5.41) is 2.68. The van der Waals surface area contributed by atoms with Crippen LogP contribution in [0.25, 0.3) is 0 Å². The largest absolute Gasteiger partial charge is 0.322 e. The standard InChI is InChI=1S/C12H13Cl2FN2O/c1-12(16,6-2-3-6)11(18)17-10-8(13)4-7(15)5-9(10)14/h4-6H,2-3,16H2,1H3,(H,17,18). The molecule has 1 atom stereocenters. The fourth-order valence-corrected chi connectivity index (χ4v) is 2.33. The third-order valence-electron chi connectivity index (χ3n) is 3.16. The van der Waals surface area contributed by atoms with Gasteiger partial charge in [-0.3, -0.25) is 4.79 Å². The van der Waals surface area contributed by atoms with Crippen LogP contribution in [0.3, 0.4) is 0 Å². The zero-order chi connectivity index (χ0) is 13.5. The molecule has 0 bridgehead atoms. The molecule has 98 valence electrons. The molecule has 0 aromatic heterocycles. The third kappa shape index (κ3) is 2.60. The van der Waals surface area contributed by atoms with E-state index in [-0.39, 0.29) is 27.6 Å². The highest BCUT2D eigenvalue weighted by atomic mass is 35.5. The van der Waals surface area contributed by atoms with Gasteiger partial charge in [-0.05, 0) is 37.8 Å². The van der Waals surface area contributed by atoms with E-state index in [1.807, 2.05) is 0 Å². The number of hydrogen-bond acceptors (Lipinski definition) is 2. The van der Waals surface area contributed by atoms with Crippen molar-refractivity contribution in [2.75, 3.05) is 5.32 Å². The van der Waals surface area contributed by atoms with Crippen molar-refractivity contribution in [2.24, 2.45) is 11.7 Å². The maximum atomic E-state index is 13.0. The van der Waals surface area contributed by atoms with Gasteiger partial charge in [0, 0.05) is 0 Å². The first-order valence-corrected chi connectivity index (χ1v) is 6.33. The van der Waals surface area contributed by atoms with E-state index in [0.717, 1.165) is 25.0 Å². The van der Waals surface area contributed by atoms with E-state index in [4.69, 9.17) is 28.9 Å². The fraction of sp³-hybridized carbons (Fsp3) is 0.417. The number of hydrogen-bond donors (Lipinski definition) is 2. The number of carbonyl (C=O) groups is 1. The van der Waals surface area contributed by atoms with Crippen molar-refractivity contribution >= 4 is 34.8 Å². The fourth-order valence-electron chi connectivity index (χ4n) is 1.78. The van der Waals surface area contributed by atoms with E-state index in [1.54, 1.807) is 6.92 Å². The zero-order valence-corrected chi connectivity index (χ0v) is 11.3. The molecular weight excluding hydrogens is 278 g/mol. The summed E-state index contributed by atoms with van der Waals surface area (Å²) in [7, 11) is 0. The average Bonchev–Trinajstić information content (AvgIpc) is 3.06. The first-order chi connectivity index (χ1) is 8.32. The van der Waals surface area contributed by atoms with Gasteiger partial charge in [0.05, 0.1) is 21.3 Å². The van der Waals surface area contributed by atoms with Crippen molar-refractivity contribution in [3.8, 4) is 0 Å². The second kappa shape index (κ2) is 4.68. The molecule has 1 aliphatic rings. The topological polar surface area (TPSA) is 55.1 Å². The quantitative estimate of drug-likeness (QED) is 0.898. The number of benzene rings is 1. The summed E-state index contributed by atoms with van der Waals surface area (Å²) in [6.07, 6.45) is 1.87. The number of anilines is 1. The van der Waals surface area contributed by atoms with Crippen molar-refractivity contribution in [1.82, 2.24) is 0 Å². The molecule has 0 heterocycles. The van der Waals surface area contributed by atoms with E-state index < -0.39 is 11.4 Å². The summed E-state index contributed by atoms with van der Waals surface area (Å²) in [6, 6.07) is 2.18. The molecule has 6 heteroatoms. The molecule has 0 saturated heterocycles. The second-order valence-corrected chi connectivity index (χ2v) is 5.57. The van der Waals surface area contributed by atoms with Crippen LogP contribution in [0, 0.1) is 11.7 Å².